The zero-order valence-corrected chi connectivity index (χ0v) is 19.9. The molecule has 2 saturated heterocycles. The number of halogens is 1. The average Bonchev–Trinajstić information content (AvgIpc) is 3.43. The number of ether oxygens (including phenoxy) is 1. The largest absolute Gasteiger partial charge is 0.383 e. The van der Waals surface area contributed by atoms with Crippen LogP contribution in [0.4, 0.5) is 10.1 Å². The van der Waals surface area contributed by atoms with Gasteiger partial charge in [-0.05, 0) is 56.7 Å². The highest BCUT2D eigenvalue weighted by Gasteiger charge is 2.43. The highest BCUT2D eigenvalue weighted by atomic mass is 19.1. The van der Waals surface area contributed by atoms with Crippen molar-refractivity contribution >= 4 is 11.6 Å². The second kappa shape index (κ2) is 10.4. The van der Waals surface area contributed by atoms with Crippen LogP contribution in [-0.4, -0.2) is 74.4 Å². The number of carbonyl (C=O) groups excluding carboxylic acids is 1. The van der Waals surface area contributed by atoms with Gasteiger partial charge in [0, 0.05) is 57.0 Å². The Hall–Kier alpha value is -2.21. The fourth-order valence-electron chi connectivity index (χ4n) is 5.86. The Balaban J connectivity index is 1.36. The van der Waals surface area contributed by atoms with E-state index in [4.69, 9.17) is 4.74 Å². The molecule has 1 saturated carbocycles. The summed E-state index contributed by atoms with van der Waals surface area (Å²) in [5, 5.41) is 15.7. The number of amides is 1. The molecule has 5 unspecified atom stereocenters. The molecule has 0 spiro atoms. The molecule has 0 aromatic heterocycles. The Morgan fingerprint density at radius 1 is 1.33 bits per heavy atom. The van der Waals surface area contributed by atoms with Crippen LogP contribution in [0.15, 0.2) is 18.2 Å². The van der Waals surface area contributed by atoms with Gasteiger partial charge in [0.1, 0.15) is 11.9 Å². The van der Waals surface area contributed by atoms with Gasteiger partial charge in [0.2, 0.25) is 5.91 Å². The first kappa shape index (κ1) is 23.9. The van der Waals surface area contributed by atoms with Crippen molar-refractivity contribution in [3.8, 4) is 6.07 Å². The standard InChI is InChI=1S/C25H36FN5O2/c1-16-14-30(15-17(2)31(16)8-9-33-3)22-7-5-18(23(26)12-22)10-21(13-27)29-25(32)24-19-4-6-20(11-19)28-24/h5,7,12,16-17,19-21,24,28H,4,6,8-11,14-15H2,1-3H3,(H,29,32)/t16?,17?,19?,20?,21-,24?/m0/s1. The molecule has 6 atom stereocenters. The van der Waals surface area contributed by atoms with Gasteiger partial charge in [-0.25, -0.2) is 4.39 Å². The van der Waals surface area contributed by atoms with Gasteiger partial charge in [0.15, 0.2) is 0 Å². The van der Waals surface area contributed by atoms with Gasteiger partial charge in [-0.1, -0.05) is 6.07 Å². The Bertz CT molecular complexity index is 878. The monoisotopic (exact) mass is 457 g/mol. The van der Waals surface area contributed by atoms with Gasteiger partial charge < -0.3 is 20.3 Å². The molecule has 2 bridgehead atoms. The predicted molar refractivity (Wildman–Crippen MR) is 125 cm³/mol. The fraction of sp³-hybridized carbons (Fsp3) is 0.680. The first-order valence-electron chi connectivity index (χ1n) is 12.1. The molecule has 0 radical (unpaired) electrons. The molecule has 3 fully saturated rings. The van der Waals surface area contributed by atoms with Crippen LogP contribution in [-0.2, 0) is 16.0 Å². The Kier molecular flexibility index (Phi) is 7.52. The van der Waals surface area contributed by atoms with Crippen molar-refractivity contribution in [1.82, 2.24) is 15.5 Å². The second-order valence-corrected chi connectivity index (χ2v) is 9.92. The summed E-state index contributed by atoms with van der Waals surface area (Å²) in [7, 11) is 1.72. The number of hydrogen-bond donors (Lipinski definition) is 2. The summed E-state index contributed by atoms with van der Waals surface area (Å²) in [5.74, 6) is -0.118. The molecule has 2 aliphatic heterocycles. The number of nitrogens with one attached hydrogen (secondary N) is 2. The lowest BCUT2D eigenvalue weighted by Crippen LogP contribution is -2.57. The summed E-state index contributed by atoms with van der Waals surface area (Å²) in [6.07, 6.45) is 3.37. The maximum absolute atomic E-state index is 15.0. The van der Waals surface area contributed by atoms with E-state index in [0.29, 0.717) is 36.2 Å². The van der Waals surface area contributed by atoms with Crippen LogP contribution in [0.3, 0.4) is 0 Å². The van der Waals surface area contributed by atoms with Crippen molar-refractivity contribution in [2.24, 2.45) is 5.92 Å². The molecule has 7 nitrogen and oxygen atoms in total. The van der Waals surface area contributed by atoms with E-state index < -0.39 is 6.04 Å². The molecule has 1 aliphatic carbocycles. The van der Waals surface area contributed by atoms with Crippen LogP contribution in [0.2, 0.25) is 0 Å². The number of piperidine rings is 1. The summed E-state index contributed by atoms with van der Waals surface area (Å²) < 4.78 is 20.2. The van der Waals surface area contributed by atoms with Crippen LogP contribution in [0.1, 0.15) is 38.7 Å². The molecule has 1 aromatic rings. The number of fused-ring (bicyclic) bond motifs is 2. The molecule has 1 aromatic carbocycles. The van der Waals surface area contributed by atoms with Gasteiger partial charge >= 0.3 is 0 Å². The molecule has 2 N–H and O–H groups in total. The third-order valence-corrected chi connectivity index (χ3v) is 7.60. The number of carbonyl (C=O) groups is 1. The van der Waals surface area contributed by atoms with Gasteiger partial charge in [0.25, 0.3) is 0 Å². The number of hydrogen-bond acceptors (Lipinski definition) is 6. The van der Waals surface area contributed by atoms with Crippen LogP contribution in [0.5, 0.6) is 0 Å². The van der Waals surface area contributed by atoms with Crippen LogP contribution in [0, 0.1) is 23.1 Å². The first-order valence-corrected chi connectivity index (χ1v) is 12.1. The number of methoxy groups -OCH3 is 1. The van der Waals surface area contributed by atoms with E-state index in [1.807, 2.05) is 6.07 Å². The maximum Gasteiger partial charge on any atom is 0.238 e. The molecule has 1 amide bonds. The number of anilines is 1. The molecular formula is C25H36FN5O2. The topological polar surface area (TPSA) is 80.6 Å². The highest BCUT2D eigenvalue weighted by molar-refractivity contribution is 5.83. The van der Waals surface area contributed by atoms with Crippen molar-refractivity contribution in [2.45, 2.75) is 69.7 Å². The third-order valence-electron chi connectivity index (χ3n) is 7.60. The summed E-state index contributed by atoms with van der Waals surface area (Å²) in [6, 6.07) is 7.50. The minimum atomic E-state index is -0.747. The quantitative estimate of drug-likeness (QED) is 0.622. The summed E-state index contributed by atoms with van der Waals surface area (Å²) in [6.45, 7) is 7.61. The minimum absolute atomic E-state index is 0.139. The normalized spacial score (nSPS) is 30.3. The van der Waals surface area contributed by atoms with E-state index in [-0.39, 0.29) is 24.2 Å². The Morgan fingerprint density at radius 2 is 2.09 bits per heavy atom. The highest BCUT2D eigenvalue weighted by Crippen LogP contribution is 2.35. The van der Waals surface area contributed by atoms with Crippen LogP contribution >= 0.6 is 0 Å². The van der Waals surface area contributed by atoms with Gasteiger partial charge in [-0.2, -0.15) is 5.26 Å². The maximum atomic E-state index is 15.0. The second-order valence-electron chi connectivity index (χ2n) is 9.92. The molecule has 4 rings (SSSR count). The van der Waals surface area contributed by atoms with E-state index in [0.717, 1.165) is 44.6 Å². The SMILES string of the molecule is COCCN1C(C)CN(c2ccc(C[C@@H](C#N)NC(=O)C3NC4CCC3C4)c(F)c2)CC1C. The first-order chi connectivity index (χ1) is 15.9. The van der Waals surface area contributed by atoms with Crippen LogP contribution in [0.25, 0.3) is 0 Å². The van der Waals surface area contributed by atoms with E-state index in [9.17, 15) is 10.1 Å². The molecule has 8 heteroatoms. The van der Waals surface area contributed by atoms with Crippen molar-refractivity contribution in [3.05, 3.63) is 29.6 Å². The molecule has 180 valence electrons. The molecule has 2 heterocycles. The van der Waals surface area contributed by atoms with Crippen molar-refractivity contribution in [1.29, 1.82) is 5.26 Å². The van der Waals surface area contributed by atoms with E-state index in [1.54, 1.807) is 19.2 Å². The minimum Gasteiger partial charge on any atom is -0.383 e. The number of rotatable bonds is 8. The van der Waals surface area contributed by atoms with Gasteiger partial charge in [0.05, 0.1) is 18.7 Å². The van der Waals surface area contributed by atoms with E-state index in [2.05, 4.69) is 40.4 Å². The predicted octanol–water partition coefficient (Wildman–Crippen LogP) is 2.06. The lowest BCUT2D eigenvalue weighted by molar-refractivity contribution is -0.124. The lowest BCUT2D eigenvalue weighted by atomic mass is 9.98. The molecular weight excluding hydrogens is 421 g/mol. The third kappa shape index (κ3) is 5.32. The van der Waals surface area contributed by atoms with Crippen molar-refractivity contribution in [2.75, 3.05) is 38.3 Å². The number of piperazine rings is 1. The zero-order chi connectivity index (χ0) is 23.5. The summed E-state index contributed by atoms with van der Waals surface area (Å²) in [5.41, 5.74) is 1.30. The Labute approximate surface area is 196 Å². The van der Waals surface area contributed by atoms with Crippen molar-refractivity contribution < 1.29 is 13.9 Å². The van der Waals surface area contributed by atoms with Gasteiger partial charge in [-0.3, -0.25) is 9.69 Å². The van der Waals surface area contributed by atoms with E-state index >= 15 is 4.39 Å². The smallest absolute Gasteiger partial charge is 0.238 e. The average molecular weight is 458 g/mol. The molecule has 33 heavy (non-hydrogen) atoms. The lowest BCUT2D eigenvalue weighted by Gasteiger charge is -2.45. The van der Waals surface area contributed by atoms with Crippen LogP contribution < -0.4 is 15.5 Å². The summed E-state index contributed by atoms with van der Waals surface area (Å²) in [4.78, 5) is 17.3. The van der Waals surface area contributed by atoms with Crippen molar-refractivity contribution in [3.63, 3.8) is 0 Å². The Morgan fingerprint density at radius 3 is 2.67 bits per heavy atom. The van der Waals surface area contributed by atoms with Gasteiger partial charge in [-0.15, -0.1) is 0 Å². The number of benzene rings is 1. The number of nitriles is 1. The molecule has 3 aliphatic rings. The number of nitrogens with zero attached hydrogens (tertiary/aromatic N) is 3. The summed E-state index contributed by atoms with van der Waals surface area (Å²) >= 11 is 0. The zero-order valence-electron chi connectivity index (χ0n) is 19.9. The fourth-order valence-corrected chi connectivity index (χ4v) is 5.86. The van der Waals surface area contributed by atoms with E-state index in [1.165, 1.54) is 0 Å².